The fourth-order valence-electron chi connectivity index (χ4n) is 2.55. The van der Waals surface area contributed by atoms with E-state index in [4.69, 9.17) is 5.10 Å². The van der Waals surface area contributed by atoms with Crippen molar-refractivity contribution < 1.29 is 0 Å². The van der Waals surface area contributed by atoms with Crippen LogP contribution >= 0.6 is 11.8 Å². The molecule has 0 radical (unpaired) electrons. The van der Waals surface area contributed by atoms with Gasteiger partial charge < -0.3 is 4.98 Å². The molecule has 114 valence electrons. The van der Waals surface area contributed by atoms with Gasteiger partial charge in [-0.15, -0.1) is 0 Å². The van der Waals surface area contributed by atoms with Crippen molar-refractivity contribution in [3.8, 4) is 0 Å². The Morgan fingerprint density at radius 1 is 1.13 bits per heavy atom. The Kier molecular flexibility index (Phi) is 3.63. The molecule has 0 aliphatic rings. The number of thioether (sulfide) groups is 1. The molecule has 0 saturated carbocycles. The number of hydrogen-bond donors (Lipinski definition) is 1. The molecule has 1 aromatic carbocycles. The van der Waals surface area contributed by atoms with Gasteiger partial charge in [0.2, 0.25) is 0 Å². The van der Waals surface area contributed by atoms with Crippen LogP contribution in [0.2, 0.25) is 0 Å². The van der Waals surface area contributed by atoms with E-state index in [0.29, 0.717) is 0 Å². The predicted octanol–water partition coefficient (Wildman–Crippen LogP) is 4.25. The summed E-state index contributed by atoms with van der Waals surface area (Å²) < 4.78 is 1.92. The van der Waals surface area contributed by atoms with E-state index in [1.807, 2.05) is 29.0 Å². The average Bonchev–Trinajstić information content (AvgIpc) is 3.22. The molecule has 4 nitrogen and oxygen atoms in total. The predicted molar refractivity (Wildman–Crippen MR) is 92.7 cm³/mol. The van der Waals surface area contributed by atoms with Crippen molar-refractivity contribution in [1.29, 1.82) is 0 Å². The summed E-state index contributed by atoms with van der Waals surface area (Å²) >= 11 is 1.68. The van der Waals surface area contributed by atoms with E-state index in [-0.39, 0.29) is 5.25 Å². The summed E-state index contributed by atoms with van der Waals surface area (Å²) in [6.45, 7) is 2.10. The molecule has 1 unspecified atom stereocenters. The quantitative estimate of drug-likeness (QED) is 0.572. The highest BCUT2D eigenvalue weighted by Crippen LogP contribution is 2.38. The van der Waals surface area contributed by atoms with Crippen LogP contribution in [0.5, 0.6) is 0 Å². The minimum Gasteiger partial charge on any atom is -0.340 e. The maximum atomic E-state index is 4.75. The molecule has 0 amide bonds. The Morgan fingerprint density at radius 3 is 2.74 bits per heavy atom. The molecular formula is C18H16N4S. The summed E-state index contributed by atoms with van der Waals surface area (Å²) in [5.74, 6) is 0. The molecule has 4 aromatic rings. The lowest BCUT2D eigenvalue weighted by molar-refractivity contribution is 0.899. The van der Waals surface area contributed by atoms with E-state index in [2.05, 4.69) is 53.3 Å². The summed E-state index contributed by atoms with van der Waals surface area (Å²) in [6.07, 6.45) is 5.60. The minimum absolute atomic E-state index is 0.0987. The lowest BCUT2D eigenvalue weighted by Crippen LogP contribution is -1.99. The van der Waals surface area contributed by atoms with Gasteiger partial charge in [-0.2, -0.15) is 5.10 Å². The first-order valence-electron chi connectivity index (χ1n) is 7.46. The van der Waals surface area contributed by atoms with Crippen molar-refractivity contribution in [2.45, 2.75) is 17.3 Å². The van der Waals surface area contributed by atoms with Gasteiger partial charge in [-0.05, 0) is 30.7 Å². The van der Waals surface area contributed by atoms with Gasteiger partial charge in [0, 0.05) is 18.6 Å². The van der Waals surface area contributed by atoms with Crippen LogP contribution < -0.4 is 0 Å². The molecule has 0 saturated heterocycles. The number of nitrogens with zero attached hydrogens (tertiary/aromatic N) is 3. The summed E-state index contributed by atoms with van der Waals surface area (Å²) in [6, 6.07) is 16.8. The van der Waals surface area contributed by atoms with Crippen molar-refractivity contribution >= 4 is 17.3 Å². The zero-order valence-corrected chi connectivity index (χ0v) is 13.5. The average molecular weight is 320 g/mol. The molecule has 0 spiro atoms. The fourth-order valence-corrected chi connectivity index (χ4v) is 3.56. The zero-order chi connectivity index (χ0) is 15.6. The Labute approximate surface area is 138 Å². The van der Waals surface area contributed by atoms with E-state index in [1.54, 1.807) is 18.0 Å². The number of imidazole rings is 1. The van der Waals surface area contributed by atoms with Crippen LogP contribution in [0, 0.1) is 6.92 Å². The van der Waals surface area contributed by atoms with E-state index in [9.17, 15) is 0 Å². The number of hydrogen-bond acceptors (Lipinski definition) is 3. The van der Waals surface area contributed by atoms with Crippen LogP contribution in [-0.4, -0.2) is 19.6 Å². The van der Waals surface area contributed by atoms with Crippen LogP contribution in [0.4, 0.5) is 0 Å². The number of nitrogens with one attached hydrogen (secondary N) is 1. The van der Waals surface area contributed by atoms with Crippen LogP contribution in [0.1, 0.15) is 22.1 Å². The fraction of sp³-hybridized carbons (Fsp3) is 0.111. The van der Waals surface area contributed by atoms with Gasteiger partial charge in [-0.3, -0.25) is 0 Å². The number of pyridine rings is 1. The molecule has 4 rings (SSSR count). The summed E-state index contributed by atoms with van der Waals surface area (Å²) in [5.41, 5.74) is 4.60. The molecular weight excluding hydrogens is 304 g/mol. The molecule has 0 aliphatic carbocycles. The molecule has 0 fully saturated rings. The number of rotatable bonds is 4. The summed E-state index contributed by atoms with van der Waals surface area (Å²) in [4.78, 5) is 7.52. The van der Waals surface area contributed by atoms with Gasteiger partial charge in [-0.1, -0.05) is 47.7 Å². The lowest BCUT2D eigenvalue weighted by atomic mass is 10.1. The van der Waals surface area contributed by atoms with Gasteiger partial charge in [0.25, 0.3) is 0 Å². The van der Waals surface area contributed by atoms with Crippen LogP contribution in [0.15, 0.2) is 72.3 Å². The Morgan fingerprint density at radius 2 is 2.00 bits per heavy atom. The normalized spacial score (nSPS) is 12.6. The Bertz CT molecular complexity index is 877. The van der Waals surface area contributed by atoms with Gasteiger partial charge in [0.05, 0.1) is 16.5 Å². The third-order valence-corrected chi connectivity index (χ3v) is 4.94. The molecule has 23 heavy (non-hydrogen) atoms. The monoisotopic (exact) mass is 320 g/mol. The molecule has 1 atom stereocenters. The molecule has 3 heterocycles. The van der Waals surface area contributed by atoms with Crippen molar-refractivity contribution in [1.82, 2.24) is 19.6 Å². The number of aromatic amines is 1. The SMILES string of the molecule is Cc1ccc(C(Sc2ncc[nH]2)c2cc3ccccn3n2)cc1. The van der Waals surface area contributed by atoms with Gasteiger partial charge in [0.1, 0.15) is 0 Å². The van der Waals surface area contributed by atoms with Gasteiger partial charge >= 0.3 is 0 Å². The van der Waals surface area contributed by atoms with Crippen molar-refractivity contribution in [2.75, 3.05) is 0 Å². The van der Waals surface area contributed by atoms with E-state index >= 15 is 0 Å². The first kappa shape index (κ1) is 14.1. The second kappa shape index (κ2) is 5.93. The standard InChI is InChI=1S/C18H16N4S/c1-13-5-7-14(8-6-13)17(23-18-19-9-10-20-18)16-12-15-4-2-3-11-22(15)21-16/h2-12,17H,1H3,(H,19,20). The summed E-state index contributed by atoms with van der Waals surface area (Å²) in [5, 5.41) is 5.74. The van der Waals surface area contributed by atoms with Crippen LogP contribution in [0.3, 0.4) is 0 Å². The molecule has 3 aromatic heterocycles. The highest BCUT2D eigenvalue weighted by Gasteiger charge is 2.20. The zero-order valence-electron chi connectivity index (χ0n) is 12.7. The lowest BCUT2D eigenvalue weighted by Gasteiger charge is -2.13. The van der Waals surface area contributed by atoms with Crippen LogP contribution in [-0.2, 0) is 0 Å². The highest BCUT2D eigenvalue weighted by molar-refractivity contribution is 7.99. The Balaban J connectivity index is 1.78. The van der Waals surface area contributed by atoms with Gasteiger partial charge in [0.15, 0.2) is 5.16 Å². The molecule has 5 heteroatoms. The second-order valence-corrected chi connectivity index (χ2v) is 6.54. The second-order valence-electron chi connectivity index (χ2n) is 5.44. The molecule has 0 bridgehead atoms. The number of H-pyrrole nitrogens is 1. The minimum atomic E-state index is 0.0987. The van der Waals surface area contributed by atoms with Crippen LogP contribution in [0.25, 0.3) is 5.52 Å². The van der Waals surface area contributed by atoms with Crippen molar-refractivity contribution in [3.05, 3.63) is 83.9 Å². The topological polar surface area (TPSA) is 46.0 Å². The third-order valence-electron chi connectivity index (χ3n) is 3.74. The smallest absolute Gasteiger partial charge is 0.166 e. The van der Waals surface area contributed by atoms with E-state index < -0.39 is 0 Å². The number of aryl methyl sites for hydroxylation is 1. The first-order valence-corrected chi connectivity index (χ1v) is 8.34. The molecule has 1 N–H and O–H groups in total. The third kappa shape index (κ3) is 2.87. The number of fused-ring (bicyclic) bond motifs is 1. The maximum Gasteiger partial charge on any atom is 0.166 e. The number of benzene rings is 1. The number of aromatic nitrogens is 4. The Hall–Kier alpha value is -2.53. The van der Waals surface area contributed by atoms with Crippen molar-refractivity contribution in [2.24, 2.45) is 0 Å². The maximum absolute atomic E-state index is 4.75. The van der Waals surface area contributed by atoms with E-state index in [1.165, 1.54) is 11.1 Å². The summed E-state index contributed by atoms with van der Waals surface area (Å²) in [7, 11) is 0. The first-order chi connectivity index (χ1) is 11.3. The molecule has 0 aliphatic heterocycles. The van der Waals surface area contributed by atoms with Gasteiger partial charge in [-0.25, -0.2) is 9.50 Å². The van der Waals surface area contributed by atoms with Crippen molar-refractivity contribution in [3.63, 3.8) is 0 Å². The largest absolute Gasteiger partial charge is 0.340 e. The van der Waals surface area contributed by atoms with E-state index in [0.717, 1.165) is 16.4 Å². The highest BCUT2D eigenvalue weighted by atomic mass is 32.2.